The predicted molar refractivity (Wildman–Crippen MR) is 87.9 cm³/mol. The molecule has 0 aromatic heterocycles. The predicted octanol–water partition coefficient (Wildman–Crippen LogP) is 3.25. The minimum Gasteiger partial charge on any atom is -0.369 e. The van der Waals surface area contributed by atoms with Crippen molar-refractivity contribution in [1.82, 2.24) is 5.32 Å². The summed E-state index contributed by atoms with van der Waals surface area (Å²) in [6.45, 7) is 11.6. The Hall–Kier alpha value is -1.06. The largest absolute Gasteiger partial charge is 0.369 e. The molecule has 1 aromatic rings. The van der Waals surface area contributed by atoms with E-state index in [0.29, 0.717) is 0 Å². The molecular weight excluding hydrogens is 260 g/mol. The molecule has 1 heterocycles. The van der Waals surface area contributed by atoms with E-state index < -0.39 is 0 Å². The lowest BCUT2D eigenvalue weighted by molar-refractivity contribution is -0.0750. The number of anilines is 1. The van der Waals surface area contributed by atoms with Crippen LogP contribution in [0.1, 0.15) is 44.7 Å². The standard InChI is InChI=1S/C18H28N2O/c1-13-5-8-17(15(9-13)10-19-16-6-7-16)20-11-14(2)21-18(3,4)12-20/h5,8-9,14,16,19H,6-7,10-12H2,1-4H3. The number of nitrogens with one attached hydrogen (secondary N) is 1. The smallest absolute Gasteiger partial charge is 0.0805 e. The number of benzene rings is 1. The number of morpholine rings is 1. The second kappa shape index (κ2) is 5.62. The Morgan fingerprint density at radius 2 is 2.10 bits per heavy atom. The number of aryl methyl sites for hydroxylation is 1. The molecule has 21 heavy (non-hydrogen) atoms. The molecule has 2 fully saturated rings. The Bertz CT molecular complexity index is 508. The molecule has 2 aliphatic rings. The normalized spacial score (nSPS) is 25.1. The highest BCUT2D eigenvalue weighted by Crippen LogP contribution is 2.30. The van der Waals surface area contributed by atoms with Gasteiger partial charge in [-0.25, -0.2) is 0 Å². The van der Waals surface area contributed by atoms with E-state index in [4.69, 9.17) is 4.74 Å². The summed E-state index contributed by atoms with van der Waals surface area (Å²) >= 11 is 0. The summed E-state index contributed by atoms with van der Waals surface area (Å²) in [7, 11) is 0. The van der Waals surface area contributed by atoms with E-state index in [9.17, 15) is 0 Å². The molecule has 1 aliphatic carbocycles. The SMILES string of the molecule is Cc1ccc(N2CC(C)OC(C)(C)C2)c(CNC2CC2)c1. The number of ether oxygens (including phenoxy) is 1. The van der Waals surface area contributed by atoms with E-state index in [1.807, 2.05) is 0 Å². The zero-order valence-electron chi connectivity index (χ0n) is 13.8. The molecule has 1 aromatic carbocycles. The van der Waals surface area contributed by atoms with E-state index in [1.165, 1.54) is 29.7 Å². The van der Waals surface area contributed by atoms with Gasteiger partial charge in [-0.1, -0.05) is 17.7 Å². The minimum atomic E-state index is -0.0796. The monoisotopic (exact) mass is 288 g/mol. The average molecular weight is 288 g/mol. The van der Waals surface area contributed by atoms with Gasteiger partial charge < -0.3 is 15.0 Å². The lowest BCUT2D eigenvalue weighted by Gasteiger charge is -2.43. The highest BCUT2D eigenvalue weighted by molar-refractivity contribution is 5.55. The molecule has 116 valence electrons. The minimum absolute atomic E-state index is 0.0796. The Kier molecular flexibility index (Phi) is 3.98. The van der Waals surface area contributed by atoms with Gasteiger partial charge in [0.15, 0.2) is 0 Å². The molecule has 1 unspecified atom stereocenters. The van der Waals surface area contributed by atoms with Crippen LogP contribution in [0.3, 0.4) is 0 Å². The van der Waals surface area contributed by atoms with Crippen molar-refractivity contribution in [2.45, 2.75) is 64.8 Å². The fourth-order valence-electron chi connectivity index (χ4n) is 3.34. The van der Waals surface area contributed by atoms with Crippen molar-refractivity contribution in [3.63, 3.8) is 0 Å². The Morgan fingerprint density at radius 1 is 1.33 bits per heavy atom. The maximum absolute atomic E-state index is 6.04. The summed E-state index contributed by atoms with van der Waals surface area (Å²) in [5.74, 6) is 0. The first kappa shape index (κ1) is 14.9. The van der Waals surface area contributed by atoms with Crippen LogP contribution in [0.4, 0.5) is 5.69 Å². The van der Waals surface area contributed by atoms with E-state index >= 15 is 0 Å². The molecule has 1 saturated heterocycles. The average Bonchev–Trinajstić information content (AvgIpc) is 3.17. The van der Waals surface area contributed by atoms with E-state index in [2.05, 4.69) is 56.1 Å². The molecule has 1 N–H and O–H groups in total. The number of hydrogen-bond acceptors (Lipinski definition) is 3. The van der Waals surface area contributed by atoms with E-state index in [0.717, 1.165) is 25.7 Å². The van der Waals surface area contributed by atoms with Gasteiger partial charge in [-0.05, 0) is 52.2 Å². The molecule has 3 heteroatoms. The molecule has 1 saturated carbocycles. The zero-order valence-corrected chi connectivity index (χ0v) is 13.8. The van der Waals surface area contributed by atoms with Gasteiger partial charge in [-0.2, -0.15) is 0 Å². The number of hydrogen-bond donors (Lipinski definition) is 1. The second-order valence-electron chi connectivity index (χ2n) is 7.36. The highest BCUT2D eigenvalue weighted by atomic mass is 16.5. The molecule has 0 amide bonds. The third-order valence-electron chi connectivity index (χ3n) is 4.30. The van der Waals surface area contributed by atoms with Crippen LogP contribution in [0.5, 0.6) is 0 Å². The summed E-state index contributed by atoms with van der Waals surface area (Å²) < 4.78 is 6.04. The van der Waals surface area contributed by atoms with Gasteiger partial charge in [0, 0.05) is 31.4 Å². The molecule has 0 radical (unpaired) electrons. The lowest BCUT2D eigenvalue weighted by Crippen LogP contribution is -2.52. The van der Waals surface area contributed by atoms with Crippen LogP contribution >= 0.6 is 0 Å². The quantitative estimate of drug-likeness (QED) is 0.920. The molecule has 0 bridgehead atoms. The van der Waals surface area contributed by atoms with Gasteiger partial charge in [-0.3, -0.25) is 0 Å². The maximum Gasteiger partial charge on any atom is 0.0805 e. The summed E-state index contributed by atoms with van der Waals surface area (Å²) in [5, 5.41) is 3.65. The Morgan fingerprint density at radius 3 is 2.76 bits per heavy atom. The van der Waals surface area contributed by atoms with Gasteiger partial charge in [0.25, 0.3) is 0 Å². The molecular formula is C18H28N2O. The summed E-state index contributed by atoms with van der Waals surface area (Å²) in [4.78, 5) is 2.50. The molecule has 1 aliphatic heterocycles. The zero-order chi connectivity index (χ0) is 15.0. The molecule has 3 nitrogen and oxygen atoms in total. The van der Waals surface area contributed by atoms with Crippen molar-refractivity contribution in [1.29, 1.82) is 0 Å². The van der Waals surface area contributed by atoms with Crippen LogP contribution < -0.4 is 10.2 Å². The van der Waals surface area contributed by atoms with Crippen LogP contribution in [0, 0.1) is 6.92 Å². The van der Waals surface area contributed by atoms with Crippen molar-refractivity contribution >= 4 is 5.69 Å². The van der Waals surface area contributed by atoms with Crippen molar-refractivity contribution < 1.29 is 4.74 Å². The molecule has 0 spiro atoms. The van der Waals surface area contributed by atoms with Crippen molar-refractivity contribution in [2.24, 2.45) is 0 Å². The fraction of sp³-hybridized carbons (Fsp3) is 0.667. The van der Waals surface area contributed by atoms with Crippen molar-refractivity contribution in [3.8, 4) is 0 Å². The number of rotatable bonds is 4. The fourth-order valence-corrected chi connectivity index (χ4v) is 3.34. The van der Waals surface area contributed by atoms with Gasteiger partial charge in [0.1, 0.15) is 0 Å². The Balaban J connectivity index is 1.82. The molecule has 1 atom stereocenters. The van der Waals surface area contributed by atoms with Gasteiger partial charge in [0.05, 0.1) is 11.7 Å². The third-order valence-corrected chi connectivity index (χ3v) is 4.30. The first-order valence-electron chi connectivity index (χ1n) is 8.19. The van der Waals surface area contributed by atoms with Crippen LogP contribution in [0.2, 0.25) is 0 Å². The van der Waals surface area contributed by atoms with Crippen LogP contribution in [-0.4, -0.2) is 30.8 Å². The van der Waals surface area contributed by atoms with Gasteiger partial charge >= 0.3 is 0 Å². The first-order valence-corrected chi connectivity index (χ1v) is 8.19. The summed E-state index contributed by atoms with van der Waals surface area (Å²) in [6, 6.07) is 7.59. The second-order valence-corrected chi connectivity index (χ2v) is 7.36. The van der Waals surface area contributed by atoms with Gasteiger partial charge in [-0.15, -0.1) is 0 Å². The van der Waals surface area contributed by atoms with E-state index in [-0.39, 0.29) is 11.7 Å². The van der Waals surface area contributed by atoms with Crippen molar-refractivity contribution in [2.75, 3.05) is 18.0 Å². The first-order chi connectivity index (χ1) is 9.93. The third kappa shape index (κ3) is 3.78. The number of nitrogens with zero attached hydrogens (tertiary/aromatic N) is 1. The van der Waals surface area contributed by atoms with Crippen molar-refractivity contribution in [3.05, 3.63) is 29.3 Å². The topological polar surface area (TPSA) is 24.5 Å². The lowest BCUT2D eigenvalue weighted by atomic mass is 10.0. The maximum atomic E-state index is 6.04. The van der Waals surface area contributed by atoms with Gasteiger partial charge in [0.2, 0.25) is 0 Å². The van der Waals surface area contributed by atoms with Crippen LogP contribution in [0.25, 0.3) is 0 Å². The summed E-state index contributed by atoms with van der Waals surface area (Å²) in [5.41, 5.74) is 4.06. The Labute approximate surface area is 128 Å². The van der Waals surface area contributed by atoms with E-state index in [1.54, 1.807) is 0 Å². The summed E-state index contributed by atoms with van der Waals surface area (Å²) in [6.07, 6.45) is 2.95. The highest BCUT2D eigenvalue weighted by Gasteiger charge is 2.32. The van der Waals surface area contributed by atoms with Crippen LogP contribution in [0.15, 0.2) is 18.2 Å². The molecule has 3 rings (SSSR count). The van der Waals surface area contributed by atoms with Crippen LogP contribution in [-0.2, 0) is 11.3 Å².